The molecule has 6 heteroatoms. The van der Waals surface area contributed by atoms with Crippen molar-refractivity contribution in [3.8, 4) is 11.5 Å². The van der Waals surface area contributed by atoms with Crippen molar-refractivity contribution in [3.05, 3.63) is 89.0 Å². The second-order valence-corrected chi connectivity index (χ2v) is 6.27. The van der Waals surface area contributed by atoms with E-state index in [2.05, 4.69) is 10.6 Å². The molecule has 0 saturated heterocycles. The Bertz CT molecular complexity index is 1040. The summed E-state index contributed by atoms with van der Waals surface area (Å²) in [5.41, 5.74) is 2.72. The van der Waals surface area contributed by atoms with Gasteiger partial charge in [-0.2, -0.15) is 0 Å². The number of carbonyl (C=O) groups is 1. The van der Waals surface area contributed by atoms with Gasteiger partial charge in [-0.05, 0) is 48.4 Å². The maximum Gasteiger partial charge on any atom is 0.255 e. The van der Waals surface area contributed by atoms with Gasteiger partial charge in [-0.3, -0.25) is 4.79 Å². The number of amides is 1. The van der Waals surface area contributed by atoms with Crippen LogP contribution in [0.4, 0.5) is 14.5 Å². The van der Waals surface area contributed by atoms with Gasteiger partial charge in [-0.1, -0.05) is 30.3 Å². The number of ether oxygens (including phenoxy) is 1. The maximum absolute atomic E-state index is 14.5. The van der Waals surface area contributed by atoms with Crippen LogP contribution in [0.25, 0.3) is 0 Å². The molecule has 136 valence electrons. The van der Waals surface area contributed by atoms with E-state index < -0.39 is 17.8 Å². The molecule has 1 amide bonds. The number of halogens is 2. The lowest BCUT2D eigenvalue weighted by molar-refractivity contribution is 0.0935. The van der Waals surface area contributed by atoms with Gasteiger partial charge in [-0.25, -0.2) is 8.78 Å². The van der Waals surface area contributed by atoms with Crippen molar-refractivity contribution in [1.29, 1.82) is 0 Å². The number of benzene rings is 3. The van der Waals surface area contributed by atoms with Crippen molar-refractivity contribution in [1.82, 2.24) is 5.32 Å². The first-order valence-corrected chi connectivity index (χ1v) is 8.42. The molecule has 1 heterocycles. The van der Waals surface area contributed by atoms with Crippen molar-refractivity contribution < 1.29 is 18.3 Å². The zero-order valence-electron chi connectivity index (χ0n) is 14.4. The van der Waals surface area contributed by atoms with Crippen molar-refractivity contribution in [2.75, 3.05) is 5.32 Å². The number of para-hydroxylation sites is 2. The summed E-state index contributed by atoms with van der Waals surface area (Å²) in [6, 6.07) is 15.5. The fraction of sp³-hybridized carbons (Fsp3) is 0.0952. The van der Waals surface area contributed by atoms with Gasteiger partial charge in [0.1, 0.15) is 6.17 Å². The van der Waals surface area contributed by atoms with Gasteiger partial charge in [0, 0.05) is 0 Å². The fourth-order valence-electron chi connectivity index (χ4n) is 3.03. The van der Waals surface area contributed by atoms with E-state index in [0.717, 1.165) is 11.3 Å². The summed E-state index contributed by atoms with van der Waals surface area (Å²) in [7, 11) is 0. The van der Waals surface area contributed by atoms with Gasteiger partial charge in [0.25, 0.3) is 5.91 Å². The first-order chi connectivity index (χ1) is 13.0. The van der Waals surface area contributed by atoms with Crippen LogP contribution in [-0.2, 0) is 0 Å². The Kier molecular flexibility index (Phi) is 4.24. The second-order valence-electron chi connectivity index (χ2n) is 6.27. The third-order valence-electron chi connectivity index (χ3n) is 4.43. The standard InChI is InChI=1S/C21H16F2N2O2/c1-12-5-4-6-14-19(12)24-20(25-21(14)26)13-9-10-18(16(23)11-13)27-17-8-3-2-7-15(17)22/h2-11,20,24H,1H3,(H,25,26). The molecule has 0 fully saturated rings. The van der Waals surface area contributed by atoms with Crippen LogP contribution in [0, 0.1) is 18.6 Å². The maximum atomic E-state index is 14.5. The molecule has 0 radical (unpaired) electrons. The Hall–Kier alpha value is -3.41. The number of aryl methyl sites for hydroxylation is 1. The molecule has 0 aromatic heterocycles. The van der Waals surface area contributed by atoms with Crippen LogP contribution in [-0.4, -0.2) is 5.91 Å². The van der Waals surface area contributed by atoms with Gasteiger partial charge in [-0.15, -0.1) is 0 Å². The Morgan fingerprint density at radius 1 is 0.889 bits per heavy atom. The van der Waals surface area contributed by atoms with Crippen LogP contribution in [0.2, 0.25) is 0 Å². The van der Waals surface area contributed by atoms with Gasteiger partial charge in [0.15, 0.2) is 23.1 Å². The Morgan fingerprint density at radius 2 is 1.67 bits per heavy atom. The van der Waals surface area contributed by atoms with E-state index >= 15 is 0 Å². The van der Waals surface area contributed by atoms with Gasteiger partial charge < -0.3 is 15.4 Å². The minimum atomic E-state index is -0.651. The number of nitrogens with one attached hydrogen (secondary N) is 2. The highest BCUT2D eigenvalue weighted by Crippen LogP contribution is 2.32. The lowest BCUT2D eigenvalue weighted by atomic mass is 10.0. The van der Waals surface area contributed by atoms with E-state index in [0.29, 0.717) is 11.1 Å². The van der Waals surface area contributed by atoms with Crippen molar-refractivity contribution >= 4 is 11.6 Å². The van der Waals surface area contributed by atoms with E-state index in [4.69, 9.17) is 4.74 Å². The Labute approximate surface area is 154 Å². The molecular formula is C21H16F2N2O2. The Morgan fingerprint density at radius 3 is 2.44 bits per heavy atom. The summed E-state index contributed by atoms with van der Waals surface area (Å²) in [5, 5.41) is 6.02. The smallest absolute Gasteiger partial charge is 0.255 e. The lowest BCUT2D eigenvalue weighted by Gasteiger charge is -2.29. The van der Waals surface area contributed by atoms with E-state index in [1.807, 2.05) is 19.1 Å². The topological polar surface area (TPSA) is 50.4 Å². The summed E-state index contributed by atoms with van der Waals surface area (Å²) < 4.78 is 33.5. The second kappa shape index (κ2) is 6.72. The highest BCUT2D eigenvalue weighted by molar-refractivity contribution is 6.02. The van der Waals surface area contributed by atoms with Crippen LogP contribution >= 0.6 is 0 Å². The molecule has 1 aliphatic heterocycles. The number of anilines is 1. The first kappa shape index (κ1) is 17.0. The molecule has 0 bridgehead atoms. The van der Waals surface area contributed by atoms with Crippen LogP contribution < -0.4 is 15.4 Å². The largest absolute Gasteiger partial charge is 0.451 e. The van der Waals surface area contributed by atoms with Gasteiger partial charge in [0.2, 0.25) is 0 Å². The highest BCUT2D eigenvalue weighted by Gasteiger charge is 2.26. The van der Waals surface area contributed by atoms with Gasteiger partial charge in [0.05, 0.1) is 11.3 Å². The van der Waals surface area contributed by atoms with E-state index in [-0.39, 0.29) is 17.4 Å². The van der Waals surface area contributed by atoms with Crippen LogP contribution in [0.5, 0.6) is 11.5 Å². The van der Waals surface area contributed by atoms with Crippen molar-refractivity contribution in [2.24, 2.45) is 0 Å². The van der Waals surface area contributed by atoms with Crippen LogP contribution in [0.3, 0.4) is 0 Å². The molecule has 3 aromatic rings. The molecule has 0 spiro atoms. The molecule has 1 unspecified atom stereocenters. The summed E-state index contributed by atoms with van der Waals surface area (Å²) in [6.07, 6.45) is -0.580. The molecule has 1 atom stereocenters. The molecular weight excluding hydrogens is 350 g/mol. The zero-order valence-corrected chi connectivity index (χ0v) is 14.4. The van der Waals surface area contributed by atoms with E-state index in [9.17, 15) is 13.6 Å². The fourth-order valence-corrected chi connectivity index (χ4v) is 3.03. The average molecular weight is 366 g/mol. The third-order valence-corrected chi connectivity index (χ3v) is 4.43. The average Bonchev–Trinajstić information content (AvgIpc) is 2.66. The predicted octanol–water partition coefficient (Wildman–Crippen LogP) is 4.92. The SMILES string of the molecule is Cc1cccc2c1NC(c1ccc(Oc3ccccc3F)c(F)c1)NC2=O. The lowest BCUT2D eigenvalue weighted by Crippen LogP contribution is -2.38. The molecule has 2 N–H and O–H groups in total. The van der Waals surface area contributed by atoms with Gasteiger partial charge >= 0.3 is 0 Å². The molecule has 0 saturated carbocycles. The molecule has 4 rings (SSSR count). The van der Waals surface area contributed by atoms with Crippen LogP contribution in [0.1, 0.15) is 27.7 Å². The number of hydrogen-bond donors (Lipinski definition) is 2. The molecule has 1 aliphatic rings. The third kappa shape index (κ3) is 3.21. The van der Waals surface area contributed by atoms with Crippen LogP contribution in [0.15, 0.2) is 60.7 Å². The summed E-state index contributed by atoms with van der Waals surface area (Å²) in [5.74, 6) is -1.61. The van der Waals surface area contributed by atoms with E-state index in [1.165, 1.54) is 30.3 Å². The summed E-state index contributed by atoms with van der Waals surface area (Å²) in [6.45, 7) is 1.90. The minimum absolute atomic E-state index is 0.0576. The minimum Gasteiger partial charge on any atom is -0.451 e. The summed E-state index contributed by atoms with van der Waals surface area (Å²) >= 11 is 0. The number of carbonyl (C=O) groups excluding carboxylic acids is 1. The zero-order chi connectivity index (χ0) is 19.0. The number of hydrogen-bond acceptors (Lipinski definition) is 3. The van der Waals surface area contributed by atoms with Crippen molar-refractivity contribution in [2.45, 2.75) is 13.1 Å². The summed E-state index contributed by atoms with van der Waals surface area (Å²) in [4.78, 5) is 12.3. The molecule has 4 nitrogen and oxygen atoms in total. The number of rotatable bonds is 3. The first-order valence-electron chi connectivity index (χ1n) is 8.42. The Balaban J connectivity index is 1.61. The quantitative estimate of drug-likeness (QED) is 0.692. The normalized spacial score (nSPS) is 15.5. The van der Waals surface area contributed by atoms with E-state index in [1.54, 1.807) is 18.2 Å². The molecule has 3 aromatic carbocycles. The molecule has 27 heavy (non-hydrogen) atoms. The highest BCUT2D eigenvalue weighted by atomic mass is 19.1. The molecule has 0 aliphatic carbocycles. The monoisotopic (exact) mass is 366 g/mol. The predicted molar refractivity (Wildman–Crippen MR) is 97.9 cm³/mol. The number of fused-ring (bicyclic) bond motifs is 1. The van der Waals surface area contributed by atoms with Crippen molar-refractivity contribution in [3.63, 3.8) is 0 Å².